The zero-order valence-corrected chi connectivity index (χ0v) is 13.5. The highest BCUT2D eigenvalue weighted by Crippen LogP contribution is 2.21. The molecule has 0 aliphatic rings. The molecule has 1 aromatic carbocycles. The van der Waals surface area contributed by atoms with Crippen molar-refractivity contribution in [2.24, 2.45) is 0 Å². The Kier molecular flexibility index (Phi) is 4.52. The zero-order chi connectivity index (χ0) is 16.9. The Morgan fingerprint density at radius 1 is 1.08 bits per heavy atom. The van der Waals surface area contributed by atoms with Gasteiger partial charge in [-0.1, -0.05) is 12.1 Å². The molecule has 0 unspecified atom stereocenters. The largest absolute Gasteiger partial charge is 0.439 e. The van der Waals surface area contributed by atoms with Crippen LogP contribution in [-0.2, 0) is 0 Å². The van der Waals surface area contributed by atoms with Crippen LogP contribution >= 0.6 is 0 Å². The maximum Gasteiger partial charge on any atom is 0.259 e. The molecule has 0 radical (unpaired) electrons. The third-order valence-corrected chi connectivity index (χ3v) is 3.53. The topological polar surface area (TPSA) is 55.3 Å². The van der Waals surface area contributed by atoms with Gasteiger partial charge < -0.3 is 9.64 Å². The van der Waals surface area contributed by atoms with Crippen LogP contribution in [0.3, 0.4) is 0 Å². The van der Waals surface area contributed by atoms with E-state index in [1.807, 2.05) is 37.3 Å². The normalized spacial score (nSPS) is 10.2. The molecule has 0 aliphatic carbocycles. The van der Waals surface area contributed by atoms with Crippen molar-refractivity contribution in [1.82, 2.24) is 9.97 Å². The molecule has 3 rings (SSSR count). The van der Waals surface area contributed by atoms with E-state index < -0.39 is 0 Å². The smallest absolute Gasteiger partial charge is 0.259 e. The highest BCUT2D eigenvalue weighted by atomic mass is 16.5. The van der Waals surface area contributed by atoms with E-state index in [-0.39, 0.29) is 5.91 Å². The van der Waals surface area contributed by atoms with Crippen molar-refractivity contribution in [3.05, 3.63) is 78.2 Å². The maximum atomic E-state index is 12.5. The third-order valence-electron chi connectivity index (χ3n) is 3.53. The fourth-order valence-electron chi connectivity index (χ4n) is 2.23. The average molecular weight is 319 g/mol. The number of anilines is 1. The number of ether oxygens (including phenoxy) is 1. The van der Waals surface area contributed by atoms with E-state index in [0.717, 1.165) is 11.3 Å². The first-order valence-corrected chi connectivity index (χ1v) is 7.52. The van der Waals surface area contributed by atoms with E-state index in [9.17, 15) is 4.79 Å². The van der Waals surface area contributed by atoms with Gasteiger partial charge in [-0.05, 0) is 42.8 Å². The molecule has 3 aromatic rings. The minimum absolute atomic E-state index is 0.155. The van der Waals surface area contributed by atoms with Gasteiger partial charge in [-0.15, -0.1) is 0 Å². The number of benzene rings is 1. The summed E-state index contributed by atoms with van der Waals surface area (Å²) in [4.78, 5) is 22.2. The molecule has 0 saturated carbocycles. The predicted octanol–water partition coefficient (Wildman–Crippen LogP) is 3.85. The lowest BCUT2D eigenvalue weighted by Crippen LogP contribution is -2.26. The molecule has 1 amide bonds. The van der Waals surface area contributed by atoms with Crippen LogP contribution in [0.2, 0.25) is 0 Å². The minimum Gasteiger partial charge on any atom is -0.439 e. The van der Waals surface area contributed by atoms with E-state index in [2.05, 4.69) is 9.97 Å². The molecular formula is C19H17N3O2. The summed E-state index contributed by atoms with van der Waals surface area (Å²) in [7, 11) is 1.70. The number of hydrogen-bond donors (Lipinski definition) is 0. The van der Waals surface area contributed by atoms with Gasteiger partial charge in [0.25, 0.3) is 5.91 Å². The lowest BCUT2D eigenvalue weighted by Gasteiger charge is -2.16. The molecule has 2 aromatic heterocycles. The molecular weight excluding hydrogens is 302 g/mol. The molecule has 0 bridgehead atoms. The first-order chi connectivity index (χ1) is 11.6. The Balaban J connectivity index is 1.73. The Hall–Kier alpha value is -3.21. The maximum absolute atomic E-state index is 12.5. The molecule has 5 heteroatoms. The summed E-state index contributed by atoms with van der Waals surface area (Å²) in [5.74, 6) is 1.01. The van der Waals surface area contributed by atoms with E-state index in [0.29, 0.717) is 17.2 Å². The van der Waals surface area contributed by atoms with E-state index in [4.69, 9.17) is 4.74 Å². The average Bonchev–Trinajstić information content (AvgIpc) is 2.62. The second-order valence-electron chi connectivity index (χ2n) is 5.38. The fraction of sp³-hybridized carbons (Fsp3) is 0.105. The van der Waals surface area contributed by atoms with Crippen LogP contribution in [0.5, 0.6) is 11.6 Å². The van der Waals surface area contributed by atoms with Crippen LogP contribution in [0.25, 0.3) is 0 Å². The van der Waals surface area contributed by atoms with Gasteiger partial charge in [0, 0.05) is 25.5 Å². The second kappa shape index (κ2) is 6.91. The molecule has 0 saturated heterocycles. The fourth-order valence-corrected chi connectivity index (χ4v) is 2.23. The number of aromatic nitrogens is 2. The standard InChI is InChI=1S/C19H17N3O2/c1-14-5-3-7-17(11-14)24-18-9-8-15(12-21-18)19(23)22(2)16-6-4-10-20-13-16/h3-13H,1-2H3. The lowest BCUT2D eigenvalue weighted by molar-refractivity contribution is 0.0992. The van der Waals surface area contributed by atoms with Gasteiger partial charge in [0.15, 0.2) is 0 Å². The van der Waals surface area contributed by atoms with Gasteiger partial charge in [0.2, 0.25) is 5.88 Å². The van der Waals surface area contributed by atoms with Crippen molar-refractivity contribution in [2.75, 3.05) is 11.9 Å². The Labute approximate surface area is 140 Å². The molecule has 5 nitrogen and oxygen atoms in total. The molecule has 0 fully saturated rings. The second-order valence-corrected chi connectivity index (χ2v) is 5.38. The van der Waals surface area contributed by atoms with Crippen molar-refractivity contribution >= 4 is 11.6 Å². The van der Waals surface area contributed by atoms with Crippen LogP contribution < -0.4 is 9.64 Å². The number of carbonyl (C=O) groups excluding carboxylic acids is 1. The van der Waals surface area contributed by atoms with Gasteiger partial charge in [0.1, 0.15) is 5.75 Å². The molecule has 0 atom stereocenters. The van der Waals surface area contributed by atoms with E-state index in [1.165, 1.54) is 11.1 Å². The highest BCUT2D eigenvalue weighted by molar-refractivity contribution is 6.05. The Bertz CT molecular complexity index is 833. The molecule has 0 aliphatic heterocycles. The summed E-state index contributed by atoms with van der Waals surface area (Å²) in [6.45, 7) is 2.00. The van der Waals surface area contributed by atoms with Crippen LogP contribution in [0.1, 0.15) is 15.9 Å². The molecule has 0 spiro atoms. The summed E-state index contributed by atoms with van der Waals surface area (Å²) in [6.07, 6.45) is 4.82. The van der Waals surface area contributed by atoms with Crippen molar-refractivity contribution in [1.29, 1.82) is 0 Å². The van der Waals surface area contributed by atoms with Gasteiger partial charge in [-0.25, -0.2) is 4.98 Å². The van der Waals surface area contributed by atoms with Crippen LogP contribution in [0, 0.1) is 6.92 Å². The van der Waals surface area contributed by atoms with Gasteiger partial charge in [-0.3, -0.25) is 9.78 Å². The Morgan fingerprint density at radius 2 is 1.96 bits per heavy atom. The van der Waals surface area contributed by atoms with Crippen LogP contribution in [0.15, 0.2) is 67.1 Å². The Morgan fingerprint density at radius 3 is 2.62 bits per heavy atom. The zero-order valence-electron chi connectivity index (χ0n) is 13.5. The number of aryl methyl sites for hydroxylation is 1. The van der Waals surface area contributed by atoms with Crippen LogP contribution in [0.4, 0.5) is 5.69 Å². The molecule has 24 heavy (non-hydrogen) atoms. The minimum atomic E-state index is -0.155. The number of amides is 1. The molecule has 2 heterocycles. The number of pyridine rings is 2. The van der Waals surface area contributed by atoms with Crippen molar-refractivity contribution < 1.29 is 9.53 Å². The summed E-state index contributed by atoms with van der Waals surface area (Å²) < 4.78 is 5.69. The summed E-state index contributed by atoms with van der Waals surface area (Å²) in [5.41, 5.74) is 2.32. The van der Waals surface area contributed by atoms with Crippen molar-refractivity contribution in [2.45, 2.75) is 6.92 Å². The summed E-state index contributed by atoms with van der Waals surface area (Å²) in [6, 6.07) is 14.7. The highest BCUT2D eigenvalue weighted by Gasteiger charge is 2.14. The first kappa shape index (κ1) is 15.7. The predicted molar refractivity (Wildman–Crippen MR) is 92.5 cm³/mol. The molecule has 120 valence electrons. The lowest BCUT2D eigenvalue weighted by atomic mass is 10.2. The van der Waals surface area contributed by atoms with Gasteiger partial charge >= 0.3 is 0 Å². The van der Waals surface area contributed by atoms with Crippen molar-refractivity contribution in [3.8, 4) is 11.6 Å². The summed E-state index contributed by atoms with van der Waals surface area (Å²) in [5, 5.41) is 0. The van der Waals surface area contributed by atoms with E-state index in [1.54, 1.807) is 37.6 Å². The molecule has 0 N–H and O–H groups in total. The van der Waals surface area contributed by atoms with Gasteiger partial charge in [0.05, 0.1) is 17.4 Å². The third kappa shape index (κ3) is 3.57. The number of carbonyl (C=O) groups is 1. The quantitative estimate of drug-likeness (QED) is 0.733. The van der Waals surface area contributed by atoms with Crippen LogP contribution in [-0.4, -0.2) is 22.9 Å². The monoisotopic (exact) mass is 319 g/mol. The summed E-state index contributed by atoms with van der Waals surface area (Å²) >= 11 is 0. The van der Waals surface area contributed by atoms with Crippen molar-refractivity contribution in [3.63, 3.8) is 0 Å². The van der Waals surface area contributed by atoms with E-state index >= 15 is 0 Å². The number of nitrogens with zero attached hydrogens (tertiary/aromatic N) is 3. The number of rotatable bonds is 4. The van der Waals surface area contributed by atoms with Gasteiger partial charge in [-0.2, -0.15) is 0 Å². The first-order valence-electron chi connectivity index (χ1n) is 7.52. The SMILES string of the molecule is Cc1cccc(Oc2ccc(C(=O)N(C)c3cccnc3)cn2)c1. The number of hydrogen-bond acceptors (Lipinski definition) is 4.